The topological polar surface area (TPSA) is 139 Å². The Balaban J connectivity index is 0.00000113. The summed E-state index contributed by atoms with van der Waals surface area (Å²) in [5.74, 6) is 0.266. The van der Waals surface area contributed by atoms with Crippen molar-refractivity contribution in [1.29, 1.82) is 5.41 Å². The van der Waals surface area contributed by atoms with Crippen molar-refractivity contribution in [2.45, 2.75) is 72.6 Å². The molecule has 2 heterocycles. The lowest BCUT2D eigenvalue weighted by atomic mass is 9.91. The fraction of sp³-hybridized carbons (Fsp3) is 0.406. The lowest BCUT2D eigenvalue weighted by Gasteiger charge is -2.30. The van der Waals surface area contributed by atoms with E-state index in [1.165, 1.54) is 10.6 Å². The van der Waals surface area contributed by atoms with Gasteiger partial charge in [0.1, 0.15) is 18.1 Å². The quantitative estimate of drug-likeness (QED) is 0.120. The van der Waals surface area contributed by atoms with E-state index in [1.54, 1.807) is 12.2 Å². The third-order valence-corrected chi connectivity index (χ3v) is 6.18. The lowest BCUT2D eigenvalue weighted by molar-refractivity contribution is -0.121. The van der Waals surface area contributed by atoms with Crippen molar-refractivity contribution >= 4 is 23.0 Å². The number of hydrogen-bond acceptors (Lipinski definition) is 5. The molecule has 1 aromatic rings. The Kier molecular flexibility index (Phi) is 16.5. The van der Waals surface area contributed by atoms with Crippen molar-refractivity contribution in [2.75, 3.05) is 11.9 Å². The molecule has 0 saturated heterocycles. The van der Waals surface area contributed by atoms with E-state index in [2.05, 4.69) is 50.8 Å². The number of allylic oxidation sites excluding steroid dienone is 4. The number of pyridine rings is 1. The molecule has 2 rings (SSSR count). The molecule has 43 heavy (non-hydrogen) atoms. The van der Waals surface area contributed by atoms with E-state index in [1.807, 2.05) is 26.0 Å². The van der Waals surface area contributed by atoms with E-state index in [-0.39, 0.29) is 43.4 Å². The fourth-order valence-electron chi connectivity index (χ4n) is 3.77. The molecule has 0 saturated carbocycles. The summed E-state index contributed by atoms with van der Waals surface area (Å²) in [6.07, 6.45) is 5.34. The van der Waals surface area contributed by atoms with Crippen LogP contribution < -0.4 is 27.7 Å². The first-order valence-electron chi connectivity index (χ1n) is 13.8. The Morgan fingerprint density at radius 1 is 1.26 bits per heavy atom. The first-order chi connectivity index (χ1) is 19.9. The number of alkyl halides is 3. The number of carbonyl (C=O) groups excluding carboxylic acids is 1. The molecule has 1 aliphatic heterocycles. The zero-order valence-electron chi connectivity index (χ0n) is 26.0. The minimum Gasteiger partial charge on any atom is -0.399 e. The van der Waals surface area contributed by atoms with Crippen molar-refractivity contribution in [1.82, 2.24) is 9.88 Å². The number of nitrogens with two attached hydrogens (primary N) is 2. The van der Waals surface area contributed by atoms with Crippen LogP contribution in [0.5, 0.6) is 0 Å². The number of amides is 1. The van der Waals surface area contributed by atoms with Crippen LogP contribution in [0.1, 0.15) is 58.7 Å². The number of aromatic nitrogens is 1. The van der Waals surface area contributed by atoms with Gasteiger partial charge in [0.2, 0.25) is 5.91 Å². The first-order valence-corrected chi connectivity index (χ1v) is 13.8. The summed E-state index contributed by atoms with van der Waals surface area (Å²) in [5, 5.41) is 13.0. The predicted octanol–water partition coefficient (Wildman–Crippen LogP) is 5.98. The van der Waals surface area contributed by atoms with Crippen LogP contribution in [0, 0.1) is 11.3 Å². The van der Waals surface area contributed by atoms with Crippen molar-refractivity contribution in [2.24, 2.45) is 17.4 Å². The molecule has 0 aliphatic carbocycles. The number of fused-ring (bicyclic) bond motifs is 1. The summed E-state index contributed by atoms with van der Waals surface area (Å²) in [7, 11) is 0. The highest BCUT2D eigenvalue weighted by Crippen LogP contribution is 2.28. The fourth-order valence-corrected chi connectivity index (χ4v) is 3.77. The second-order valence-corrected chi connectivity index (χ2v) is 10.4. The van der Waals surface area contributed by atoms with Crippen LogP contribution in [0.2, 0.25) is 0 Å². The molecule has 8 nitrogen and oxygen atoms in total. The van der Waals surface area contributed by atoms with E-state index in [0.29, 0.717) is 34.1 Å². The smallest absolute Gasteiger partial charge is 0.386 e. The summed E-state index contributed by atoms with van der Waals surface area (Å²) in [5.41, 5.74) is 15.3. The average molecular weight is 605 g/mol. The van der Waals surface area contributed by atoms with E-state index in [4.69, 9.17) is 16.9 Å². The van der Waals surface area contributed by atoms with Crippen LogP contribution >= 0.6 is 0 Å². The van der Waals surface area contributed by atoms with Gasteiger partial charge >= 0.3 is 6.18 Å². The molecule has 0 fully saturated rings. The van der Waals surface area contributed by atoms with Gasteiger partial charge in [0.05, 0.1) is 5.69 Å². The predicted molar refractivity (Wildman–Crippen MR) is 173 cm³/mol. The molecule has 0 aromatic carbocycles. The molecule has 0 radical (unpaired) electrons. The number of rotatable bonds is 11. The number of amidine groups is 1. The number of aryl methyl sites for hydroxylation is 1. The minimum atomic E-state index is -4.00. The summed E-state index contributed by atoms with van der Waals surface area (Å²) in [6, 6.07) is 2.14. The molecule has 0 spiro atoms. The van der Waals surface area contributed by atoms with E-state index < -0.39 is 6.18 Å². The van der Waals surface area contributed by atoms with Crippen LogP contribution in [0.15, 0.2) is 78.3 Å². The molecule has 238 valence electrons. The van der Waals surface area contributed by atoms with Gasteiger partial charge in [-0.15, -0.1) is 0 Å². The van der Waals surface area contributed by atoms with Gasteiger partial charge in [0.25, 0.3) is 5.56 Å². The highest BCUT2D eigenvalue weighted by molar-refractivity contribution is 5.93. The SMILES string of the molecule is C=CC(=C)CNC(=O)Cn1c(C(=C)/C=C(/N)C=C)cc2c(c1=O)NC(C(C)C)CC2.CC(F)(F)F.CC/C=C(\C)C(=N)N. The number of nitrogens with one attached hydrogen (secondary N) is 3. The van der Waals surface area contributed by atoms with Crippen molar-refractivity contribution in [3.05, 3.63) is 95.1 Å². The maximum atomic E-state index is 13.4. The largest absolute Gasteiger partial charge is 0.399 e. The van der Waals surface area contributed by atoms with Crippen molar-refractivity contribution in [3.8, 4) is 0 Å². The van der Waals surface area contributed by atoms with Crippen LogP contribution in [0.25, 0.3) is 5.57 Å². The highest BCUT2D eigenvalue weighted by Gasteiger charge is 2.25. The van der Waals surface area contributed by atoms with Gasteiger partial charge in [-0.25, -0.2) is 0 Å². The molecule has 1 unspecified atom stereocenters. The van der Waals surface area contributed by atoms with E-state index in [9.17, 15) is 22.8 Å². The number of hydrogen-bond donors (Lipinski definition) is 5. The molecule has 0 bridgehead atoms. The van der Waals surface area contributed by atoms with Gasteiger partial charge in [0, 0.05) is 25.2 Å². The van der Waals surface area contributed by atoms with Gasteiger partial charge in [-0.05, 0) is 72.6 Å². The van der Waals surface area contributed by atoms with Crippen LogP contribution in [0.3, 0.4) is 0 Å². The lowest BCUT2D eigenvalue weighted by Crippen LogP contribution is -2.39. The second kappa shape index (κ2) is 18.3. The molecule has 1 atom stereocenters. The monoisotopic (exact) mass is 604 g/mol. The first kappa shape index (κ1) is 38.7. The van der Waals surface area contributed by atoms with Crippen LogP contribution in [0.4, 0.5) is 18.9 Å². The maximum Gasteiger partial charge on any atom is 0.386 e. The van der Waals surface area contributed by atoms with Gasteiger partial charge in [-0.1, -0.05) is 59.2 Å². The normalized spacial score (nSPS) is 14.5. The number of halogens is 3. The molecular weight excluding hydrogens is 557 g/mol. The standard InChI is InChI=1S/C24H32N4O2.C6H12N2.C2H3F3/c1-7-16(5)13-26-22(29)14-28-21(17(6)11-19(25)8-2)12-18-9-10-20(15(3)4)27-23(18)24(28)30;1-3-4-5(2)6(7)8;1-2(3,4)5/h7-8,11-12,15,20,27H,1-2,5-6,9-10,13-14,25H2,3-4H3,(H,26,29);4H,3H2,1-2H3,(H3,7,8);1H3/b19-11+;5-4+;. The summed E-state index contributed by atoms with van der Waals surface area (Å²) in [4.78, 5) is 25.9. The molecular formula is C32H47F3N6O2. The molecule has 1 aliphatic rings. The Hall–Kier alpha value is -4.28. The van der Waals surface area contributed by atoms with Gasteiger partial charge in [0.15, 0.2) is 0 Å². The van der Waals surface area contributed by atoms with Gasteiger partial charge in [-0.2, -0.15) is 13.2 Å². The average Bonchev–Trinajstić information content (AvgIpc) is 2.92. The number of anilines is 1. The second-order valence-electron chi connectivity index (χ2n) is 10.4. The van der Waals surface area contributed by atoms with Gasteiger partial charge in [-0.3, -0.25) is 19.6 Å². The zero-order valence-corrected chi connectivity index (χ0v) is 26.0. The van der Waals surface area contributed by atoms with Crippen molar-refractivity contribution in [3.63, 3.8) is 0 Å². The van der Waals surface area contributed by atoms with E-state index in [0.717, 1.165) is 30.4 Å². The van der Waals surface area contributed by atoms with Crippen LogP contribution in [-0.4, -0.2) is 35.1 Å². The number of nitrogens with zero attached hydrogens (tertiary/aromatic N) is 1. The summed E-state index contributed by atoms with van der Waals surface area (Å²) < 4.78 is 32.5. The third kappa shape index (κ3) is 15.0. The Morgan fingerprint density at radius 2 is 1.84 bits per heavy atom. The zero-order chi connectivity index (χ0) is 33.5. The summed E-state index contributed by atoms with van der Waals surface area (Å²) >= 11 is 0. The minimum absolute atomic E-state index is 0.138. The van der Waals surface area contributed by atoms with Crippen LogP contribution in [-0.2, 0) is 17.8 Å². The Labute approximate surface area is 253 Å². The molecule has 1 amide bonds. The number of carbonyl (C=O) groups is 1. The highest BCUT2D eigenvalue weighted by atomic mass is 19.4. The van der Waals surface area contributed by atoms with E-state index >= 15 is 0 Å². The summed E-state index contributed by atoms with van der Waals surface area (Å²) in [6.45, 7) is 23.5. The van der Waals surface area contributed by atoms with Crippen molar-refractivity contribution < 1.29 is 18.0 Å². The third-order valence-electron chi connectivity index (χ3n) is 6.18. The molecule has 7 N–H and O–H groups in total. The Morgan fingerprint density at radius 3 is 2.28 bits per heavy atom. The molecule has 11 heteroatoms. The van der Waals surface area contributed by atoms with Gasteiger partial charge < -0.3 is 22.1 Å². The Bertz CT molecular complexity index is 1300. The maximum absolute atomic E-state index is 13.4. The molecule has 1 aromatic heterocycles.